The number of aliphatic hydroxyl groups excluding tert-OH is 1. The van der Waals surface area contributed by atoms with Crippen molar-refractivity contribution in [1.29, 1.82) is 0 Å². The number of halogens is 1. The van der Waals surface area contributed by atoms with Gasteiger partial charge in [-0.25, -0.2) is 4.39 Å². The van der Waals surface area contributed by atoms with Crippen molar-refractivity contribution in [3.8, 4) is 5.75 Å². The summed E-state index contributed by atoms with van der Waals surface area (Å²) in [5, 5.41) is 18.0. The number of ether oxygens (including phenoxy) is 1. The van der Waals surface area contributed by atoms with E-state index in [0.29, 0.717) is 30.4 Å². The van der Waals surface area contributed by atoms with Gasteiger partial charge in [-0.2, -0.15) is 0 Å². The first-order valence-electron chi connectivity index (χ1n) is 14.5. The summed E-state index contributed by atoms with van der Waals surface area (Å²) < 4.78 is 20.4. The van der Waals surface area contributed by atoms with Crippen molar-refractivity contribution in [3.05, 3.63) is 101 Å². The van der Waals surface area contributed by atoms with Crippen LogP contribution >= 0.6 is 0 Å². The van der Waals surface area contributed by atoms with E-state index in [2.05, 4.69) is 48.7 Å². The number of benzene rings is 3. The zero-order chi connectivity index (χ0) is 28.5. The lowest BCUT2D eigenvalue weighted by molar-refractivity contribution is -0.120. The molecule has 1 aliphatic rings. The molecule has 40 heavy (non-hydrogen) atoms. The molecule has 0 heterocycles. The molecule has 3 N–H and O–H groups in total. The van der Waals surface area contributed by atoms with Crippen LogP contribution in [-0.2, 0) is 23.4 Å². The van der Waals surface area contributed by atoms with Crippen LogP contribution in [0.4, 0.5) is 4.39 Å². The van der Waals surface area contributed by atoms with Gasteiger partial charge >= 0.3 is 0 Å². The van der Waals surface area contributed by atoms with Gasteiger partial charge in [0.05, 0.1) is 12.1 Å². The SMILES string of the molecule is CC(=O)N[C@@H](Cc1cc(F)cc(OCc2ccccc2)c1)[C@H](O)CNC1(c2cccc(C(C)C)c2)CCCCC1. The molecule has 0 unspecified atom stereocenters. The number of hydrogen-bond acceptors (Lipinski definition) is 4. The lowest BCUT2D eigenvalue weighted by Crippen LogP contribution is -2.53. The fourth-order valence-electron chi connectivity index (χ4n) is 5.72. The van der Waals surface area contributed by atoms with E-state index in [0.717, 1.165) is 31.2 Å². The summed E-state index contributed by atoms with van der Waals surface area (Å²) >= 11 is 0. The zero-order valence-electron chi connectivity index (χ0n) is 24.0. The fourth-order valence-corrected chi connectivity index (χ4v) is 5.72. The second-order valence-corrected chi connectivity index (χ2v) is 11.5. The van der Waals surface area contributed by atoms with Crippen LogP contribution in [0.25, 0.3) is 0 Å². The highest BCUT2D eigenvalue weighted by Gasteiger charge is 2.35. The molecule has 1 fully saturated rings. The molecular formula is C34H43FN2O3. The van der Waals surface area contributed by atoms with Crippen LogP contribution in [-0.4, -0.2) is 29.7 Å². The largest absolute Gasteiger partial charge is 0.489 e. The van der Waals surface area contributed by atoms with Crippen molar-refractivity contribution >= 4 is 5.91 Å². The van der Waals surface area contributed by atoms with Gasteiger partial charge in [-0.1, -0.05) is 87.7 Å². The molecule has 6 heteroatoms. The van der Waals surface area contributed by atoms with Gasteiger partial charge in [0, 0.05) is 25.1 Å². The lowest BCUT2D eigenvalue weighted by atomic mass is 9.75. The Balaban J connectivity index is 1.48. The monoisotopic (exact) mass is 546 g/mol. The average Bonchev–Trinajstić information content (AvgIpc) is 2.95. The summed E-state index contributed by atoms with van der Waals surface area (Å²) in [4.78, 5) is 12.1. The van der Waals surface area contributed by atoms with Crippen LogP contribution in [0.1, 0.15) is 81.0 Å². The Morgan fingerprint density at radius 1 is 0.975 bits per heavy atom. The van der Waals surface area contributed by atoms with Gasteiger partial charge in [-0.15, -0.1) is 0 Å². The maximum absolute atomic E-state index is 14.5. The van der Waals surface area contributed by atoms with Gasteiger partial charge in [-0.3, -0.25) is 4.79 Å². The summed E-state index contributed by atoms with van der Waals surface area (Å²) in [7, 11) is 0. The number of carbonyl (C=O) groups excluding carboxylic acids is 1. The second-order valence-electron chi connectivity index (χ2n) is 11.5. The number of aliphatic hydroxyl groups is 1. The van der Waals surface area contributed by atoms with Crippen LogP contribution in [0.2, 0.25) is 0 Å². The molecule has 0 spiro atoms. The van der Waals surface area contributed by atoms with Crippen molar-refractivity contribution in [1.82, 2.24) is 10.6 Å². The van der Waals surface area contributed by atoms with Crippen LogP contribution in [0, 0.1) is 5.82 Å². The first-order valence-corrected chi connectivity index (χ1v) is 14.5. The molecule has 1 amide bonds. The van der Waals surface area contributed by atoms with Gasteiger partial charge in [0.25, 0.3) is 0 Å². The van der Waals surface area contributed by atoms with Crippen molar-refractivity contribution < 1.29 is 19.0 Å². The second kappa shape index (κ2) is 13.9. The Labute approximate surface area is 238 Å². The quantitative estimate of drug-likeness (QED) is 0.246. The maximum atomic E-state index is 14.5. The minimum atomic E-state index is -0.868. The van der Waals surface area contributed by atoms with E-state index in [4.69, 9.17) is 4.74 Å². The van der Waals surface area contributed by atoms with Crippen molar-refractivity contribution in [2.75, 3.05) is 6.54 Å². The summed E-state index contributed by atoms with van der Waals surface area (Å²) in [6.07, 6.45) is 4.86. The number of amides is 1. The Bertz CT molecular complexity index is 1240. The highest BCUT2D eigenvalue weighted by molar-refractivity contribution is 5.73. The van der Waals surface area contributed by atoms with E-state index in [1.807, 2.05) is 30.3 Å². The molecule has 0 radical (unpaired) electrons. The van der Waals surface area contributed by atoms with E-state index in [1.165, 1.54) is 36.6 Å². The summed E-state index contributed by atoms with van der Waals surface area (Å²) in [6.45, 7) is 6.47. The fraction of sp³-hybridized carbons (Fsp3) is 0.441. The van der Waals surface area contributed by atoms with Gasteiger partial charge < -0.3 is 20.5 Å². The van der Waals surface area contributed by atoms with E-state index < -0.39 is 18.0 Å². The van der Waals surface area contributed by atoms with Crippen molar-refractivity contribution in [2.45, 2.75) is 89.5 Å². The van der Waals surface area contributed by atoms with Crippen LogP contribution in [0.3, 0.4) is 0 Å². The van der Waals surface area contributed by atoms with E-state index >= 15 is 0 Å². The molecule has 1 aliphatic carbocycles. The third kappa shape index (κ3) is 8.15. The highest BCUT2D eigenvalue weighted by atomic mass is 19.1. The first-order chi connectivity index (χ1) is 19.2. The highest BCUT2D eigenvalue weighted by Crippen LogP contribution is 2.38. The molecule has 2 atom stereocenters. The minimum absolute atomic E-state index is 0.220. The van der Waals surface area contributed by atoms with E-state index in [9.17, 15) is 14.3 Å². The zero-order valence-corrected chi connectivity index (χ0v) is 24.0. The number of carbonyl (C=O) groups is 1. The molecular weight excluding hydrogens is 503 g/mol. The predicted molar refractivity (Wildman–Crippen MR) is 158 cm³/mol. The predicted octanol–water partition coefficient (Wildman–Crippen LogP) is 6.39. The van der Waals surface area contributed by atoms with Crippen LogP contribution in [0.5, 0.6) is 5.75 Å². The molecule has 0 aromatic heterocycles. The summed E-state index contributed by atoms with van der Waals surface area (Å²) in [5.41, 5.74) is 3.98. The molecule has 3 aromatic carbocycles. The lowest BCUT2D eigenvalue weighted by Gasteiger charge is -2.40. The minimum Gasteiger partial charge on any atom is -0.489 e. The van der Waals surface area contributed by atoms with Gasteiger partial charge in [0.15, 0.2) is 0 Å². The molecule has 214 valence electrons. The smallest absolute Gasteiger partial charge is 0.217 e. The maximum Gasteiger partial charge on any atom is 0.217 e. The van der Waals surface area contributed by atoms with Crippen LogP contribution in [0.15, 0.2) is 72.8 Å². The molecule has 4 rings (SSSR count). The van der Waals surface area contributed by atoms with Crippen molar-refractivity contribution in [3.63, 3.8) is 0 Å². The first kappa shape index (κ1) is 29.8. The normalized spacial score (nSPS) is 16.4. The molecule has 0 bridgehead atoms. The van der Waals surface area contributed by atoms with E-state index in [-0.39, 0.29) is 17.9 Å². The Hall–Kier alpha value is -3.22. The molecule has 0 saturated heterocycles. The third-order valence-corrected chi connectivity index (χ3v) is 7.95. The number of nitrogens with one attached hydrogen (secondary N) is 2. The summed E-state index contributed by atoms with van der Waals surface area (Å²) in [6, 6.07) is 22.5. The number of rotatable bonds is 12. The van der Waals surface area contributed by atoms with Crippen LogP contribution < -0.4 is 15.4 Å². The number of hydrogen-bond donors (Lipinski definition) is 3. The topological polar surface area (TPSA) is 70.6 Å². The third-order valence-electron chi connectivity index (χ3n) is 7.95. The standard InChI is InChI=1S/C34H43FN2O3/c1-24(2)28-13-10-14-29(20-28)34(15-8-5-9-16-34)36-22-33(39)32(37-25(3)38)19-27-17-30(35)21-31(18-27)40-23-26-11-6-4-7-12-26/h4,6-7,10-14,17-18,20-21,24,32-33,36,39H,5,8-9,15-16,19,22-23H2,1-3H3,(H,37,38)/t32-,33+/m0/s1. The van der Waals surface area contributed by atoms with Gasteiger partial charge in [0.1, 0.15) is 18.2 Å². The van der Waals surface area contributed by atoms with Crippen molar-refractivity contribution in [2.24, 2.45) is 0 Å². The molecule has 5 nitrogen and oxygen atoms in total. The molecule has 3 aromatic rings. The molecule has 1 saturated carbocycles. The average molecular weight is 547 g/mol. The van der Waals surface area contributed by atoms with Gasteiger partial charge in [0.2, 0.25) is 5.91 Å². The molecule has 0 aliphatic heterocycles. The van der Waals surface area contributed by atoms with E-state index in [1.54, 1.807) is 6.07 Å². The summed E-state index contributed by atoms with van der Waals surface area (Å²) in [5.74, 6) is 0.196. The Morgan fingerprint density at radius 3 is 2.42 bits per heavy atom. The Kier molecular flexibility index (Phi) is 10.3. The van der Waals surface area contributed by atoms with Gasteiger partial charge in [-0.05, 0) is 59.6 Å². The Morgan fingerprint density at radius 2 is 1.73 bits per heavy atom.